The zero-order valence-corrected chi connectivity index (χ0v) is 6.97. The maximum absolute atomic E-state index is 10.9. The number of carbonyl (C=O) groups is 2. The number of piperidine rings is 1. The summed E-state index contributed by atoms with van der Waals surface area (Å²) >= 11 is 0. The van der Waals surface area contributed by atoms with E-state index in [0.29, 0.717) is 0 Å². The summed E-state index contributed by atoms with van der Waals surface area (Å²) in [4.78, 5) is 21.5. The predicted octanol–water partition coefficient (Wildman–Crippen LogP) is -2.09. The van der Waals surface area contributed by atoms with Crippen LogP contribution in [0.25, 0.3) is 0 Å². The van der Waals surface area contributed by atoms with Gasteiger partial charge in [-0.1, -0.05) is 0 Å². The summed E-state index contributed by atoms with van der Waals surface area (Å²) in [5.41, 5.74) is 0. The quantitative estimate of drug-likeness (QED) is 0.345. The molecule has 1 atom stereocenters. The number of rotatable bonds is 2. The van der Waals surface area contributed by atoms with Gasteiger partial charge in [0.05, 0.1) is 0 Å². The molecule has 1 aliphatic heterocycles. The second-order valence-corrected chi connectivity index (χ2v) is 3.16. The van der Waals surface area contributed by atoms with E-state index < -0.39 is 22.8 Å². The van der Waals surface area contributed by atoms with Gasteiger partial charge in [0.1, 0.15) is 6.04 Å². The smallest absolute Gasteiger partial charge is 0.244 e. The molecule has 0 bridgehead atoms. The fraction of sp³-hybridized carbons (Fsp3) is 0.600. The molecule has 0 aliphatic carbocycles. The van der Waals surface area contributed by atoms with Gasteiger partial charge in [0.2, 0.25) is 22.7 Å². The average molecular weight is 192 g/mol. The number of thiol groups is 1. The van der Waals surface area contributed by atoms with Crippen LogP contribution in [-0.2, 0) is 20.5 Å². The van der Waals surface area contributed by atoms with Gasteiger partial charge in [-0.25, -0.2) is 13.1 Å². The summed E-state index contributed by atoms with van der Waals surface area (Å²) in [6, 6.07) is -0.788. The van der Waals surface area contributed by atoms with Crippen molar-refractivity contribution in [2.45, 2.75) is 18.9 Å². The molecule has 2 N–H and O–H groups in total. The van der Waals surface area contributed by atoms with Crippen LogP contribution in [0.4, 0.5) is 0 Å². The van der Waals surface area contributed by atoms with E-state index in [-0.39, 0.29) is 18.7 Å². The van der Waals surface area contributed by atoms with Crippen molar-refractivity contribution in [2.24, 2.45) is 0 Å². The van der Waals surface area contributed by atoms with Crippen LogP contribution in [-0.4, -0.2) is 26.3 Å². The molecule has 1 heterocycles. The number of amides is 2. The van der Waals surface area contributed by atoms with E-state index in [1.165, 1.54) is 0 Å². The molecule has 0 aromatic heterocycles. The maximum Gasteiger partial charge on any atom is 0.244 e. The van der Waals surface area contributed by atoms with Gasteiger partial charge in [-0.3, -0.25) is 14.9 Å². The molecule has 6 nitrogen and oxygen atoms in total. The number of hydrogen-bond acceptors (Lipinski definition) is 4. The summed E-state index contributed by atoms with van der Waals surface area (Å²) in [6.45, 7) is 0. The van der Waals surface area contributed by atoms with Crippen LogP contribution in [0.1, 0.15) is 12.8 Å². The molecule has 12 heavy (non-hydrogen) atoms. The second-order valence-electron chi connectivity index (χ2n) is 2.39. The second kappa shape index (κ2) is 3.63. The van der Waals surface area contributed by atoms with Gasteiger partial charge in [-0.05, 0) is 6.42 Å². The lowest BCUT2D eigenvalue weighted by Crippen LogP contribution is -2.50. The summed E-state index contributed by atoms with van der Waals surface area (Å²) in [5.74, 6) is -0.940. The number of nitrogens with one attached hydrogen (secondary N) is 2. The molecule has 1 fully saturated rings. The van der Waals surface area contributed by atoms with E-state index in [1.54, 1.807) is 0 Å². The molecule has 0 aromatic carbocycles. The minimum Gasteiger partial charge on any atom is -0.295 e. The molecule has 7 heteroatoms. The molecule has 2 amide bonds. The molecule has 1 saturated heterocycles. The largest absolute Gasteiger partial charge is 0.295 e. The van der Waals surface area contributed by atoms with Crippen molar-refractivity contribution in [1.82, 2.24) is 10.0 Å². The van der Waals surface area contributed by atoms with E-state index in [4.69, 9.17) is 0 Å². The molecular weight excluding hydrogens is 184 g/mol. The van der Waals surface area contributed by atoms with Gasteiger partial charge in [-0.15, -0.1) is 0 Å². The molecule has 0 spiro atoms. The van der Waals surface area contributed by atoms with Crippen molar-refractivity contribution in [2.75, 3.05) is 0 Å². The summed E-state index contributed by atoms with van der Waals surface area (Å²) in [5, 5.41) is 2.03. The van der Waals surface area contributed by atoms with Crippen LogP contribution < -0.4 is 10.0 Å². The Bertz CT molecular complexity index is 277. The van der Waals surface area contributed by atoms with Crippen molar-refractivity contribution in [3.8, 4) is 0 Å². The third kappa shape index (κ3) is 2.28. The molecule has 0 aromatic rings. The van der Waals surface area contributed by atoms with E-state index in [9.17, 15) is 18.0 Å². The highest BCUT2D eigenvalue weighted by molar-refractivity contribution is 7.70. The SMILES string of the molecule is O=C1CCC(N[SH](=O)=O)C(=O)N1. The Balaban J connectivity index is 2.56. The molecule has 1 unspecified atom stereocenters. The van der Waals surface area contributed by atoms with Gasteiger partial charge in [0.25, 0.3) is 0 Å². The van der Waals surface area contributed by atoms with Crippen molar-refractivity contribution in [3.05, 3.63) is 0 Å². The highest BCUT2D eigenvalue weighted by atomic mass is 32.2. The van der Waals surface area contributed by atoms with E-state index >= 15 is 0 Å². The zero-order valence-electron chi connectivity index (χ0n) is 6.07. The maximum atomic E-state index is 10.9. The van der Waals surface area contributed by atoms with Gasteiger partial charge < -0.3 is 0 Å². The van der Waals surface area contributed by atoms with Crippen LogP contribution in [0.2, 0.25) is 0 Å². The first-order valence-corrected chi connectivity index (χ1v) is 4.51. The minimum atomic E-state index is -2.79. The zero-order chi connectivity index (χ0) is 9.14. The fourth-order valence-electron chi connectivity index (χ4n) is 0.944. The Morgan fingerprint density at radius 3 is 2.58 bits per heavy atom. The first-order valence-electron chi connectivity index (χ1n) is 3.34. The highest BCUT2D eigenvalue weighted by Gasteiger charge is 2.26. The Kier molecular flexibility index (Phi) is 2.77. The number of hydrogen-bond donors (Lipinski definition) is 3. The van der Waals surface area contributed by atoms with Crippen molar-refractivity contribution < 1.29 is 18.0 Å². The van der Waals surface area contributed by atoms with Gasteiger partial charge in [0, 0.05) is 6.42 Å². The standard InChI is InChI=1S/C5H8N2O4S/c8-4-2-1-3(5(9)6-4)7-12(10)11/h3,12H,1-2H2,(H,6,8,9)(H,7,10,11). The topological polar surface area (TPSA) is 92.3 Å². The van der Waals surface area contributed by atoms with Crippen LogP contribution in [0.3, 0.4) is 0 Å². The Morgan fingerprint density at radius 1 is 1.42 bits per heavy atom. The Morgan fingerprint density at radius 2 is 2.08 bits per heavy atom. The molecule has 1 rings (SSSR count). The summed E-state index contributed by atoms with van der Waals surface area (Å²) in [7, 11) is -2.79. The van der Waals surface area contributed by atoms with E-state index in [0.717, 1.165) is 0 Å². The molecule has 0 radical (unpaired) electrons. The first-order chi connectivity index (χ1) is 5.59. The Labute approximate surface area is 70.4 Å². The van der Waals surface area contributed by atoms with Crippen molar-refractivity contribution in [3.63, 3.8) is 0 Å². The minimum absolute atomic E-state index is 0.173. The van der Waals surface area contributed by atoms with Crippen molar-refractivity contribution in [1.29, 1.82) is 0 Å². The average Bonchev–Trinajstić information content (AvgIpc) is 1.94. The molecule has 0 saturated carbocycles. The van der Waals surface area contributed by atoms with Gasteiger partial charge >= 0.3 is 0 Å². The molecule has 68 valence electrons. The predicted molar refractivity (Wildman–Crippen MR) is 39.6 cm³/mol. The van der Waals surface area contributed by atoms with Crippen LogP contribution in [0.15, 0.2) is 0 Å². The van der Waals surface area contributed by atoms with Gasteiger partial charge in [-0.2, -0.15) is 0 Å². The number of carbonyl (C=O) groups excluding carboxylic acids is 2. The monoisotopic (exact) mass is 192 g/mol. The third-order valence-electron chi connectivity index (χ3n) is 1.50. The third-order valence-corrected chi connectivity index (χ3v) is 2.02. The van der Waals surface area contributed by atoms with E-state index in [2.05, 4.69) is 0 Å². The highest BCUT2D eigenvalue weighted by Crippen LogP contribution is 2.03. The lowest BCUT2D eigenvalue weighted by Gasteiger charge is -2.18. The van der Waals surface area contributed by atoms with Gasteiger partial charge in [0.15, 0.2) is 0 Å². The lowest BCUT2D eigenvalue weighted by molar-refractivity contribution is -0.134. The number of imide groups is 1. The van der Waals surface area contributed by atoms with Crippen molar-refractivity contribution >= 4 is 22.7 Å². The summed E-state index contributed by atoms with van der Waals surface area (Å²) in [6.07, 6.45) is 0.403. The van der Waals surface area contributed by atoms with Crippen LogP contribution >= 0.6 is 0 Å². The normalized spacial score (nSPS) is 24.2. The summed E-state index contributed by atoms with van der Waals surface area (Å²) < 4.78 is 22.4. The lowest BCUT2D eigenvalue weighted by atomic mass is 10.1. The molecular formula is C5H8N2O4S. The van der Waals surface area contributed by atoms with Crippen LogP contribution in [0.5, 0.6) is 0 Å². The first kappa shape index (κ1) is 9.14. The molecule has 1 aliphatic rings. The van der Waals surface area contributed by atoms with E-state index in [1.807, 2.05) is 10.0 Å². The fourth-order valence-corrected chi connectivity index (χ4v) is 1.44. The Hall–Kier alpha value is -0.950. The van der Waals surface area contributed by atoms with Crippen LogP contribution in [0, 0.1) is 0 Å².